The van der Waals surface area contributed by atoms with Crippen molar-refractivity contribution >= 4 is 16.7 Å². The quantitative estimate of drug-likeness (QED) is 0.855. The van der Waals surface area contributed by atoms with Crippen LogP contribution >= 0.6 is 0 Å². The molecule has 1 aliphatic rings. The van der Waals surface area contributed by atoms with Gasteiger partial charge in [0.1, 0.15) is 6.54 Å². The normalized spacial score (nSPS) is 22.0. The predicted octanol–water partition coefficient (Wildman–Crippen LogP) is 2.79. The highest BCUT2D eigenvalue weighted by Crippen LogP contribution is 2.22. The molecule has 1 aliphatic heterocycles. The maximum Gasteiger partial charge on any atom is 0.258 e. The number of pyridine rings is 1. The van der Waals surface area contributed by atoms with Crippen molar-refractivity contribution in [3.05, 3.63) is 46.9 Å². The number of rotatable bonds is 2. The summed E-state index contributed by atoms with van der Waals surface area (Å²) in [7, 11) is 0. The van der Waals surface area contributed by atoms with E-state index in [0.29, 0.717) is 5.39 Å². The Hall–Kier alpha value is -2.10. The molecule has 0 saturated carbocycles. The first-order valence-corrected chi connectivity index (χ1v) is 7.97. The van der Waals surface area contributed by atoms with Gasteiger partial charge in [0.25, 0.3) is 5.56 Å². The van der Waals surface area contributed by atoms with Crippen LogP contribution in [0.1, 0.15) is 33.1 Å². The summed E-state index contributed by atoms with van der Waals surface area (Å²) in [6.07, 6.45) is 4.98. The molecule has 2 aromatic rings. The highest BCUT2D eigenvalue weighted by atomic mass is 16.2. The van der Waals surface area contributed by atoms with Gasteiger partial charge in [0.15, 0.2) is 0 Å². The van der Waals surface area contributed by atoms with Crippen molar-refractivity contribution in [2.24, 2.45) is 0 Å². The molecule has 0 spiro atoms. The van der Waals surface area contributed by atoms with Crippen LogP contribution in [0.5, 0.6) is 0 Å². The van der Waals surface area contributed by atoms with Crippen molar-refractivity contribution in [2.75, 3.05) is 0 Å². The van der Waals surface area contributed by atoms with Crippen molar-refractivity contribution in [1.29, 1.82) is 0 Å². The average Bonchev–Trinajstić information content (AvgIpc) is 2.50. The van der Waals surface area contributed by atoms with Gasteiger partial charge in [-0.05, 0) is 50.6 Å². The number of benzene rings is 1. The number of fused-ring (bicyclic) bond motifs is 1. The number of hydrogen-bond acceptors (Lipinski definition) is 2. The van der Waals surface area contributed by atoms with Crippen LogP contribution in [0.2, 0.25) is 0 Å². The van der Waals surface area contributed by atoms with E-state index in [1.165, 1.54) is 11.0 Å². The van der Waals surface area contributed by atoms with Crippen molar-refractivity contribution in [3.8, 4) is 0 Å². The molecule has 0 aliphatic carbocycles. The molecule has 2 heterocycles. The van der Waals surface area contributed by atoms with Gasteiger partial charge in [-0.25, -0.2) is 0 Å². The van der Waals surface area contributed by atoms with Gasteiger partial charge in [0.05, 0.1) is 0 Å². The van der Waals surface area contributed by atoms with Crippen molar-refractivity contribution in [2.45, 2.75) is 51.7 Å². The van der Waals surface area contributed by atoms with E-state index >= 15 is 0 Å². The number of piperidine rings is 1. The lowest BCUT2D eigenvalue weighted by atomic mass is 9.97. The van der Waals surface area contributed by atoms with Crippen LogP contribution in [0.25, 0.3) is 10.8 Å². The maximum absolute atomic E-state index is 12.6. The van der Waals surface area contributed by atoms with Crippen LogP contribution in [-0.2, 0) is 11.3 Å². The van der Waals surface area contributed by atoms with Crippen LogP contribution in [-0.4, -0.2) is 27.5 Å². The molecule has 1 aromatic carbocycles. The molecule has 1 fully saturated rings. The largest absolute Gasteiger partial charge is 0.336 e. The number of carbonyl (C=O) groups is 1. The average molecular weight is 298 g/mol. The summed E-state index contributed by atoms with van der Waals surface area (Å²) < 4.78 is 1.53. The maximum atomic E-state index is 12.6. The molecule has 4 heteroatoms. The van der Waals surface area contributed by atoms with E-state index < -0.39 is 0 Å². The Morgan fingerprint density at radius 2 is 1.82 bits per heavy atom. The third-order valence-electron chi connectivity index (χ3n) is 4.67. The fraction of sp³-hybridized carbons (Fsp3) is 0.444. The minimum Gasteiger partial charge on any atom is -0.336 e. The first-order valence-electron chi connectivity index (χ1n) is 7.97. The highest BCUT2D eigenvalue weighted by molar-refractivity contribution is 5.82. The number of nitrogens with zero attached hydrogens (tertiary/aromatic N) is 2. The predicted molar refractivity (Wildman–Crippen MR) is 87.8 cm³/mol. The second-order valence-electron chi connectivity index (χ2n) is 6.27. The van der Waals surface area contributed by atoms with Crippen molar-refractivity contribution < 1.29 is 4.79 Å². The lowest BCUT2D eigenvalue weighted by Gasteiger charge is -2.39. The number of likely N-dealkylation sites (tertiary alicyclic amines) is 1. The van der Waals surface area contributed by atoms with Gasteiger partial charge in [-0.2, -0.15) is 0 Å². The molecule has 1 amide bonds. The van der Waals surface area contributed by atoms with Gasteiger partial charge >= 0.3 is 0 Å². The Kier molecular flexibility index (Phi) is 4.01. The Balaban J connectivity index is 1.88. The first-order chi connectivity index (χ1) is 10.6. The fourth-order valence-electron chi connectivity index (χ4n) is 3.49. The van der Waals surface area contributed by atoms with Gasteiger partial charge in [0, 0.05) is 23.7 Å². The summed E-state index contributed by atoms with van der Waals surface area (Å²) in [5, 5.41) is 1.58. The molecular weight excluding hydrogens is 276 g/mol. The van der Waals surface area contributed by atoms with E-state index in [0.717, 1.165) is 18.2 Å². The molecule has 3 rings (SSSR count). The van der Waals surface area contributed by atoms with Gasteiger partial charge in [0.2, 0.25) is 5.91 Å². The van der Waals surface area contributed by atoms with E-state index in [2.05, 4.69) is 13.8 Å². The van der Waals surface area contributed by atoms with E-state index in [-0.39, 0.29) is 30.1 Å². The lowest BCUT2D eigenvalue weighted by molar-refractivity contribution is -0.137. The Bertz CT molecular complexity index is 740. The van der Waals surface area contributed by atoms with Gasteiger partial charge in [-0.3, -0.25) is 9.59 Å². The topological polar surface area (TPSA) is 42.3 Å². The second-order valence-corrected chi connectivity index (χ2v) is 6.27. The molecule has 1 saturated heterocycles. The minimum atomic E-state index is -0.0937. The number of amides is 1. The van der Waals surface area contributed by atoms with Crippen LogP contribution in [0.15, 0.2) is 41.3 Å². The molecule has 0 radical (unpaired) electrons. The van der Waals surface area contributed by atoms with Gasteiger partial charge < -0.3 is 9.47 Å². The van der Waals surface area contributed by atoms with E-state index in [1.807, 2.05) is 35.2 Å². The number of hydrogen-bond donors (Lipinski definition) is 0. The fourth-order valence-corrected chi connectivity index (χ4v) is 3.49. The first kappa shape index (κ1) is 14.8. The summed E-state index contributed by atoms with van der Waals surface area (Å²) >= 11 is 0. The smallest absolute Gasteiger partial charge is 0.258 e. The zero-order valence-electron chi connectivity index (χ0n) is 13.2. The SMILES string of the molecule is C[C@H]1CCC[C@H](C)N1C(=O)Cn1ccc2ccccc2c1=O. The van der Waals surface area contributed by atoms with Crippen molar-refractivity contribution in [3.63, 3.8) is 0 Å². The van der Waals surface area contributed by atoms with Crippen LogP contribution < -0.4 is 5.56 Å². The van der Waals surface area contributed by atoms with E-state index in [4.69, 9.17) is 0 Å². The highest BCUT2D eigenvalue weighted by Gasteiger charge is 2.28. The molecule has 22 heavy (non-hydrogen) atoms. The lowest BCUT2D eigenvalue weighted by Crippen LogP contribution is -2.49. The van der Waals surface area contributed by atoms with Crippen LogP contribution in [0.4, 0.5) is 0 Å². The minimum absolute atomic E-state index is 0.0390. The zero-order chi connectivity index (χ0) is 15.7. The molecule has 4 nitrogen and oxygen atoms in total. The summed E-state index contributed by atoms with van der Waals surface area (Å²) in [6, 6.07) is 9.90. The van der Waals surface area contributed by atoms with Crippen LogP contribution in [0.3, 0.4) is 0 Å². The molecule has 2 atom stereocenters. The van der Waals surface area contributed by atoms with E-state index in [9.17, 15) is 9.59 Å². The van der Waals surface area contributed by atoms with E-state index in [1.54, 1.807) is 6.20 Å². The second kappa shape index (κ2) is 5.95. The molecule has 0 N–H and O–H groups in total. The summed E-state index contributed by atoms with van der Waals surface area (Å²) in [4.78, 5) is 27.1. The molecule has 0 bridgehead atoms. The molecule has 116 valence electrons. The molecule has 1 aromatic heterocycles. The third-order valence-corrected chi connectivity index (χ3v) is 4.67. The molecule has 0 unspecified atom stereocenters. The zero-order valence-corrected chi connectivity index (χ0v) is 13.2. The monoisotopic (exact) mass is 298 g/mol. The number of carbonyl (C=O) groups excluding carboxylic acids is 1. The Morgan fingerprint density at radius 3 is 2.55 bits per heavy atom. The van der Waals surface area contributed by atoms with Gasteiger partial charge in [-0.15, -0.1) is 0 Å². The van der Waals surface area contributed by atoms with Gasteiger partial charge in [-0.1, -0.05) is 18.2 Å². The van der Waals surface area contributed by atoms with Crippen LogP contribution in [0, 0.1) is 0 Å². The summed E-state index contributed by atoms with van der Waals surface area (Å²) in [5.41, 5.74) is -0.0937. The molecular formula is C18H22N2O2. The summed E-state index contributed by atoms with van der Waals surface area (Å²) in [6.45, 7) is 4.31. The third kappa shape index (κ3) is 2.65. The Labute approximate surface area is 130 Å². The van der Waals surface area contributed by atoms with Crippen molar-refractivity contribution in [1.82, 2.24) is 9.47 Å². The summed E-state index contributed by atoms with van der Waals surface area (Å²) in [5.74, 6) is 0.0390. The number of aromatic nitrogens is 1. The standard InChI is InChI=1S/C18H22N2O2/c1-13-6-5-7-14(2)20(13)17(21)12-19-11-10-15-8-3-4-9-16(15)18(19)22/h3-4,8-11,13-14H,5-7,12H2,1-2H3/t13-,14-/m0/s1. The Morgan fingerprint density at radius 1 is 1.14 bits per heavy atom.